The summed E-state index contributed by atoms with van der Waals surface area (Å²) in [5.74, 6) is 0.135. The molecule has 0 spiro atoms. The molecule has 0 saturated heterocycles. The van der Waals surface area contributed by atoms with E-state index in [2.05, 4.69) is 42.2 Å². The van der Waals surface area contributed by atoms with Crippen LogP contribution in [-0.4, -0.2) is 43.0 Å². The molecule has 0 unspecified atom stereocenters. The van der Waals surface area contributed by atoms with Crippen molar-refractivity contribution in [2.45, 2.75) is 26.2 Å². The average molecular weight is 382 g/mol. The molecule has 3 rings (SSSR count). The summed E-state index contributed by atoms with van der Waals surface area (Å²) in [4.78, 5) is 21.7. The lowest BCUT2D eigenvalue weighted by Crippen LogP contribution is -2.36. The molecule has 5 heteroatoms. The summed E-state index contributed by atoms with van der Waals surface area (Å²) in [6.45, 7) is 3.62. The number of carbonyl (C=O) groups is 1. The van der Waals surface area contributed by atoms with Crippen molar-refractivity contribution in [1.82, 2.24) is 9.88 Å². The van der Waals surface area contributed by atoms with Gasteiger partial charge in [0.1, 0.15) is 0 Å². The first-order valence-corrected chi connectivity index (χ1v) is 10.3. The first-order valence-electron chi connectivity index (χ1n) is 9.45. The number of rotatable bonds is 8. The molecular formula is C22H27N3OS. The number of hydrogen-bond donors (Lipinski definition) is 0. The number of carbonyl (C=O) groups excluding carboxylic acids is 1. The number of benzene rings is 2. The minimum Gasteiger partial charge on any atom is -0.308 e. The lowest BCUT2D eigenvalue weighted by molar-refractivity contribution is -0.118. The van der Waals surface area contributed by atoms with Crippen molar-refractivity contribution in [3.05, 3.63) is 59.7 Å². The van der Waals surface area contributed by atoms with Gasteiger partial charge >= 0.3 is 0 Å². The Bertz CT molecular complexity index is 889. The van der Waals surface area contributed by atoms with E-state index in [1.807, 2.05) is 37.2 Å². The molecule has 27 heavy (non-hydrogen) atoms. The Hall–Kier alpha value is -2.24. The largest absolute Gasteiger partial charge is 0.308 e. The summed E-state index contributed by atoms with van der Waals surface area (Å²) in [6.07, 6.45) is 2.25. The second kappa shape index (κ2) is 9.11. The predicted molar refractivity (Wildman–Crippen MR) is 115 cm³/mol. The third-order valence-corrected chi connectivity index (χ3v) is 5.66. The van der Waals surface area contributed by atoms with Crippen molar-refractivity contribution in [3.63, 3.8) is 0 Å². The van der Waals surface area contributed by atoms with Crippen LogP contribution in [0.2, 0.25) is 0 Å². The van der Waals surface area contributed by atoms with Crippen LogP contribution in [0.15, 0.2) is 48.5 Å². The molecule has 3 aromatic rings. The van der Waals surface area contributed by atoms with E-state index < -0.39 is 0 Å². The van der Waals surface area contributed by atoms with E-state index in [0.29, 0.717) is 13.0 Å². The summed E-state index contributed by atoms with van der Waals surface area (Å²) in [7, 11) is 4.05. The Kier molecular flexibility index (Phi) is 6.58. The highest BCUT2D eigenvalue weighted by Gasteiger charge is 2.19. The quantitative estimate of drug-likeness (QED) is 0.581. The fourth-order valence-corrected chi connectivity index (χ4v) is 4.02. The Labute approximate surface area is 165 Å². The lowest BCUT2D eigenvalue weighted by Gasteiger charge is -2.22. The fourth-order valence-electron chi connectivity index (χ4n) is 2.95. The highest BCUT2D eigenvalue weighted by atomic mass is 32.1. The SMILES string of the molecule is CCc1ccc2nc(N(CCN(C)C)C(=O)CCc3ccccc3)sc2c1. The molecule has 1 amide bonds. The highest BCUT2D eigenvalue weighted by Crippen LogP contribution is 2.30. The molecule has 0 aliphatic heterocycles. The average Bonchev–Trinajstić information content (AvgIpc) is 3.09. The van der Waals surface area contributed by atoms with Gasteiger partial charge in [-0.3, -0.25) is 9.69 Å². The van der Waals surface area contributed by atoms with Gasteiger partial charge in [-0.1, -0.05) is 54.7 Å². The van der Waals surface area contributed by atoms with Crippen LogP contribution in [0.1, 0.15) is 24.5 Å². The van der Waals surface area contributed by atoms with E-state index in [4.69, 9.17) is 4.98 Å². The minimum atomic E-state index is 0.135. The number of nitrogens with zero attached hydrogens (tertiary/aromatic N) is 3. The van der Waals surface area contributed by atoms with Gasteiger partial charge in [0.25, 0.3) is 0 Å². The number of aromatic nitrogens is 1. The van der Waals surface area contributed by atoms with Gasteiger partial charge in [0, 0.05) is 19.5 Å². The van der Waals surface area contributed by atoms with Crippen LogP contribution in [0.25, 0.3) is 10.2 Å². The van der Waals surface area contributed by atoms with Crippen LogP contribution in [0.5, 0.6) is 0 Å². The van der Waals surface area contributed by atoms with Gasteiger partial charge in [0.15, 0.2) is 5.13 Å². The Morgan fingerprint density at radius 2 is 1.81 bits per heavy atom. The number of fused-ring (bicyclic) bond motifs is 1. The van der Waals surface area contributed by atoms with Crippen LogP contribution < -0.4 is 4.90 Å². The summed E-state index contributed by atoms with van der Waals surface area (Å²) in [6, 6.07) is 16.5. The predicted octanol–water partition coefficient (Wildman–Crippen LogP) is 4.39. The maximum absolute atomic E-state index is 13.0. The number of thiazole rings is 1. The van der Waals surface area contributed by atoms with E-state index in [1.165, 1.54) is 11.1 Å². The zero-order valence-electron chi connectivity index (χ0n) is 16.3. The molecule has 0 bridgehead atoms. The molecule has 0 aliphatic rings. The monoisotopic (exact) mass is 381 g/mol. The summed E-state index contributed by atoms with van der Waals surface area (Å²) in [5, 5.41) is 0.804. The third-order valence-electron chi connectivity index (χ3n) is 4.62. The fraction of sp³-hybridized carbons (Fsp3) is 0.364. The molecule has 0 radical (unpaired) electrons. The maximum Gasteiger partial charge on any atom is 0.229 e. The topological polar surface area (TPSA) is 36.4 Å². The molecule has 4 nitrogen and oxygen atoms in total. The van der Waals surface area contributed by atoms with Crippen molar-refractivity contribution < 1.29 is 4.79 Å². The zero-order valence-corrected chi connectivity index (χ0v) is 17.1. The van der Waals surface area contributed by atoms with E-state index in [9.17, 15) is 4.79 Å². The number of likely N-dealkylation sites (N-methyl/N-ethyl adjacent to an activating group) is 1. The summed E-state index contributed by atoms with van der Waals surface area (Å²) < 4.78 is 1.15. The highest BCUT2D eigenvalue weighted by molar-refractivity contribution is 7.22. The van der Waals surface area contributed by atoms with Crippen molar-refractivity contribution in [3.8, 4) is 0 Å². The molecule has 0 atom stereocenters. The third kappa shape index (κ3) is 5.15. The van der Waals surface area contributed by atoms with Gasteiger partial charge in [0.2, 0.25) is 5.91 Å². The normalized spacial score (nSPS) is 11.3. The number of amides is 1. The van der Waals surface area contributed by atoms with Gasteiger partial charge < -0.3 is 4.90 Å². The number of hydrogen-bond acceptors (Lipinski definition) is 4. The van der Waals surface area contributed by atoms with Crippen LogP contribution in [0.4, 0.5) is 5.13 Å². The standard InChI is InChI=1S/C22H27N3OS/c1-4-17-10-12-19-20(16-17)27-22(23-19)25(15-14-24(2)3)21(26)13-11-18-8-6-5-7-9-18/h5-10,12,16H,4,11,13-15H2,1-3H3. The smallest absolute Gasteiger partial charge is 0.229 e. The molecule has 0 fully saturated rings. The first kappa shape index (κ1) is 19.5. The van der Waals surface area contributed by atoms with E-state index in [0.717, 1.165) is 34.7 Å². The lowest BCUT2D eigenvalue weighted by atomic mass is 10.1. The van der Waals surface area contributed by atoms with E-state index in [1.54, 1.807) is 11.3 Å². The summed E-state index contributed by atoms with van der Waals surface area (Å²) in [5.41, 5.74) is 3.46. The van der Waals surface area contributed by atoms with Gasteiger partial charge in [-0.15, -0.1) is 0 Å². The minimum absolute atomic E-state index is 0.135. The molecular weight excluding hydrogens is 354 g/mol. The van der Waals surface area contributed by atoms with Crippen LogP contribution in [-0.2, 0) is 17.6 Å². The molecule has 142 valence electrons. The van der Waals surface area contributed by atoms with Gasteiger partial charge in [-0.25, -0.2) is 4.98 Å². The van der Waals surface area contributed by atoms with Gasteiger partial charge in [0.05, 0.1) is 10.2 Å². The molecule has 1 aromatic heterocycles. The second-order valence-corrected chi connectivity index (χ2v) is 8.00. The first-order chi connectivity index (χ1) is 13.1. The number of aryl methyl sites for hydroxylation is 2. The van der Waals surface area contributed by atoms with Crippen LogP contribution in [0, 0.1) is 0 Å². The number of anilines is 1. The molecule has 0 saturated carbocycles. The van der Waals surface area contributed by atoms with Gasteiger partial charge in [-0.05, 0) is 50.2 Å². The van der Waals surface area contributed by atoms with Crippen LogP contribution in [0.3, 0.4) is 0 Å². The zero-order chi connectivity index (χ0) is 19.2. The Morgan fingerprint density at radius 1 is 1.04 bits per heavy atom. The van der Waals surface area contributed by atoms with Gasteiger partial charge in [-0.2, -0.15) is 0 Å². The Morgan fingerprint density at radius 3 is 2.52 bits per heavy atom. The molecule has 0 N–H and O–H groups in total. The molecule has 0 aliphatic carbocycles. The van der Waals surface area contributed by atoms with Crippen molar-refractivity contribution in [2.75, 3.05) is 32.1 Å². The molecule has 1 heterocycles. The maximum atomic E-state index is 13.0. The summed E-state index contributed by atoms with van der Waals surface area (Å²) >= 11 is 1.61. The molecule has 2 aromatic carbocycles. The van der Waals surface area contributed by atoms with Crippen molar-refractivity contribution >= 4 is 32.6 Å². The second-order valence-electron chi connectivity index (χ2n) is 6.99. The Balaban J connectivity index is 1.80. The van der Waals surface area contributed by atoms with Crippen LogP contribution >= 0.6 is 11.3 Å². The van der Waals surface area contributed by atoms with E-state index in [-0.39, 0.29) is 5.91 Å². The van der Waals surface area contributed by atoms with Crippen molar-refractivity contribution in [1.29, 1.82) is 0 Å². The van der Waals surface area contributed by atoms with Crippen molar-refractivity contribution in [2.24, 2.45) is 0 Å². The van der Waals surface area contributed by atoms with E-state index >= 15 is 0 Å².